The zero-order chi connectivity index (χ0) is 28.2. The molecule has 0 bridgehead atoms. The Kier molecular flexibility index (Phi) is 12.2. The fraction of sp³-hybridized carbons (Fsp3) is 0.548. The van der Waals surface area contributed by atoms with Crippen molar-refractivity contribution in [2.24, 2.45) is 11.8 Å². The van der Waals surface area contributed by atoms with Crippen molar-refractivity contribution in [2.75, 3.05) is 53.6 Å². The highest BCUT2D eigenvalue weighted by Crippen LogP contribution is 2.25. The molecule has 1 aliphatic heterocycles. The molecule has 8 nitrogen and oxygen atoms in total. The topological polar surface area (TPSA) is 89.1 Å². The molecule has 8 heteroatoms. The summed E-state index contributed by atoms with van der Waals surface area (Å²) in [6.07, 6.45) is 0.973. The maximum absolute atomic E-state index is 13.7. The second-order valence-corrected chi connectivity index (χ2v) is 10.4. The van der Waals surface area contributed by atoms with Gasteiger partial charge in [-0.2, -0.15) is 0 Å². The zero-order valence-electron chi connectivity index (χ0n) is 24.1. The van der Waals surface area contributed by atoms with Crippen LogP contribution in [0.4, 0.5) is 0 Å². The Bertz CT molecular complexity index is 1050. The first-order chi connectivity index (χ1) is 18.9. The number of ether oxygens (including phenoxy) is 3. The highest BCUT2D eigenvalue weighted by atomic mass is 16.5. The van der Waals surface area contributed by atoms with Gasteiger partial charge in [-0.1, -0.05) is 43.3 Å². The van der Waals surface area contributed by atoms with Gasteiger partial charge in [-0.3, -0.25) is 9.59 Å². The number of benzene rings is 2. The third-order valence-electron chi connectivity index (χ3n) is 7.36. The molecule has 1 heterocycles. The fourth-order valence-corrected chi connectivity index (χ4v) is 5.03. The average molecular weight is 540 g/mol. The minimum Gasteiger partial charge on any atom is -0.493 e. The quantitative estimate of drug-likeness (QED) is 0.334. The van der Waals surface area contributed by atoms with Crippen LogP contribution in [0, 0.1) is 11.8 Å². The fourth-order valence-electron chi connectivity index (χ4n) is 5.03. The summed E-state index contributed by atoms with van der Waals surface area (Å²) in [5, 5.41) is 6.53. The molecule has 0 spiro atoms. The molecular weight excluding hydrogens is 494 g/mol. The van der Waals surface area contributed by atoms with Crippen LogP contribution in [0.1, 0.15) is 54.8 Å². The van der Waals surface area contributed by atoms with Gasteiger partial charge in [0, 0.05) is 65.0 Å². The number of nitrogens with one attached hydrogen (secondary N) is 2. The molecule has 3 atom stereocenters. The predicted molar refractivity (Wildman–Crippen MR) is 153 cm³/mol. The van der Waals surface area contributed by atoms with Crippen molar-refractivity contribution in [1.82, 2.24) is 15.5 Å². The molecule has 0 radical (unpaired) electrons. The van der Waals surface area contributed by atoms with E-state index in [1.165, 1.54) is 0 Å². The van der Waals surface area contributed by atoms with Gasteiger partial charge < -0.3 is 29.7 Å². The van der Waals surface area contributed by atoms with Gasteiger partial charge in [0.15, 0.2) is 6.10 Å². The number of rotatable bonds is 15. The predicted octanol–water partition coefficient (Wildman–Crippen LogP) is 3.85. The van der Waals surface area contributed by atoms with Crippen molar-refractivity contribution in [2.45, 2.75) is 45.8 Å². The first-order valence-electron chi connectivity index (χ1n) is 14.0. The third-order valence-corrected chi connectivity index (χ3v) is 7.36. The number of aryl methyl sites for hydroxylation is 1. The molecule has 2 amide bonds. The Morgan fingerprint density at radius 2 is 1.79 bits per heavy atom. The van der Waals surface area contributed by atoms with Crippen LogP contribution in [-0.4, -0.2) is 76.4 Å². The van der Waals surface area contributed by atoms with E-state index < -0.39 is 6.10 Å². The molecular formula is C31H45N3O5. The first kappa shape index (κ1) is 30.6. The molecule has 2 aromatic rings. The summed E-state index contributed by atoms with van der Waals surface area (Å²) in [4.78, 5) is 28.6. The van der Waals surface area contributed by atoms with Crippen LogP contribution in [0.3, 0.4) is 0 Å². The van der Waals surface area contributed by atoms with E-state index in [-0.39, 0.29) is 29.7 Å². The number of carbonyl (C=O) groups is 2. The summed E-state index contributed by atoms with van der Waals surface area (Å²) in [6.45, 7) is 10.1. The van der Waals surface area contributed by atoms with Gasteiger partial charge in [-0.05, 0) is 55.4 Å². The maximum atomic E-state index is 13.7. The minimum atomic E-state index is -0.648. The number of hydrogen-bond acceptors (Lipinski definition) is 6. The highest BCUT2D eigenvalue weighted by molar-refractivity contribution is 5.95. The molecule has 2 aromatic carbocycles. The van der Waals surface area contributed by atoms with Crippen LogP contribution in [0.2, 0.25) is 0 Å². The second kappa shape index (κ2) is 15.6. The van der Waals surface area contributed by atoms with Crippen LogP contribution < -0.4 is 15.4 Å². The van der Waals surface area contributed by atoms with Gasteiger partial charge in [0.1, 0.15) is 5.75 Å². The monoisotopic (exact) mass is 539 g/mol. The van der Waals surface area contributed by atoms with E-state index in [0.29, 0.717) is 31.9 Å². The molecule has 2 N–H and O–H groups in total. The van der Waals surface area contributed by atoms with Gasteiger partial charge in [0.25, 0.3) is 11.8 Å². The molecule has 0 unspecified atom stereocenters. The lowest BCUT2D eigenvalue weighted by Crippen LogP contribution is -2.44. The van der Waals surface area contributed by atoms with Gasteiger partial charge in [0.05, 0.1) is 6.61 Å². The van der Waals surface area contributed by atoms with Gasteiger partial charge in [-0.15, -0.1) is 0 Å². The summed E-state index contributed by atoms with van der Waals surface area (Å²) in [7, 11) is 3.23. The van der Waals surface area contributed by atoms with Gasteiger partial charge >= 0.3 is 0 Å². The molecule has 1 saturated heterocycles. The third kappa shape index (κ3) is 8.52. The molecule has 1 aliphatic rings. The maximum Gasteiger partial charge on any atom is 0.254 e. The van der Waals surface area contributed by atoms with E-state index in [1.807, 2.05) is 67.3 Å². The summed E-state index contributed by atoms with van der Waals surface area (Å²) < 4.78 is 16.6. The summed E-state index contributed by atoms with van der Waals surface area (Å²) in [6, 6.07) is 15.3. The number of methoxy groups -OCH3 is 2. The van der Waals surface area contributed by atoms with Crippen LogP contribution in [-0.2, 0) is 20.7 Å². The van der Waals surface area contributed by atoms with Crippen molar-refractivity contribution in [3.63, 3.8) is 0 Å². The van der Waals surface area contributed by atoms with Crippen molar-refractivity contribution in [1.29, 1.82) is 0 Å². The minimum absolute atomic E-state index is 0.00685. The molecule has 39 heavy (non-hydrogen) atoms. The lowest BCUT2D eigenvalue weighted by Gasteiger charge is -2.32. The molecule has 0 saturated carbocycles. The van der Waals surface area contributed by atoms with Gasteiger partial charge in [-0.25, -0.2) is 0 Å². The Balaban J connectivity index is 1.65. The normalized spacial score (nSPS) is 17.7. The number of amides is 2. The highest BCUT2D eigenvalue weighted by Gasteiger charge is 2.32. The van der Waals surface area contributed by atoms with E-state index in [1.54, 1.807) is 14.2 Å². The second-order valence-electron chi connectivity index (χ2n) is 10.4. The van der Waals surface area contributed by atoms with Crippen molar-refractivity contribution < 1.29 is 23.8 Å². The SMILES string of the molecule is CCc1ccc(C(=O)N(C[C@@H]2CNC[C@H]2CNC(=O)[C@H](OC)c2ccccc2)C(C)C)cc1OCCCOC. The number of nitrogens with zero attached hydrogens (tertiary/aromatic N) is 1. The summed E-state index contributed by atoms with van der Waals surface area (Å²) in [5.41, 5.74) is 2.54. The van der Waals surface area contributed by atoms with Crippen molar-refractivity contribution in [3.8, 4) is 5.75 Å². The van der Waals surface area contributed by atoms with Crippen LogP contribution in [0.5, 0.6) is 5.75 Å². The standard InChI is InChI=1S/C31H45N3O5/c1-6-23-13-14-25(17-28(23)39-16-10-15-37-4)31(36)34(22(2)3)21-27-19-32-18-26(27)20-33-30(35)29(38-5)24-11-8-7-9-12-24/h7-9,11-14,17,22,26-27,29,32H,6,10,15-16,18-21H2,1-5H3,(H,33,35)/t26-,27-,29+/m0/s1. The van der Waals surface area contributed by atoms with E-state index in [0.717, 1.165) is 42.8 Å². The molecule has 3 rings (SSSR count). The van der Waals surface area contributed by atoms with E-state index in [2.05, 4.69) is 17.6 Å². The lowest BCUT2D eigenvalue weighted by molar-refractivity contribution is -0.131. The van der Waals surface area contributed by atoms with Crippen molar-refractivity contribution >= 4 is 11.8 Å². The summed E-state index contributed by atoms with van der Waals surface area (Å²) >= 11 is 0. The van der Waals surface area contributed by atoms with Crippen molar-refractivity contribution in [3.05, 3.63) is 65.2 Å². The Hall–Kier alpha value is -2.94. The van der Waals surface area contributed by atoms with Gasteiger partial charge in [0.2, 0.25) is 0 Å². The Labute approximate surface area is 233 Å². The zero-order valence-corrected chi connectivity index (χ0v) is 24.1. The average Bonchev–Trinajstić information content (AvgIpc) is 3.40. The lowest BCUT2D eigenvalue weighted by atomic mass is 9.94. The van der Waals surface area contributed by atoms with E-state index in [9.17, 15) is 9.59 Å². The Morgan fingerprint density at radius 3 is 2.46 bits per heavy atom. The molecule has 0 aliphatic carbocycles. The van der Waals surface area contributed by atoms with Crippen LogP contribution >= 0.6 is 0 Å². The van der Waals surface area contributed by atoms with Crippen LogP contribution in [0.25, 0.3) is 0 Å². The number of hydrogen-bond donors (Lipinski definition) is 2. The molecule has 1 fully saturated rings. The number of carbonyl (C=O) groups excluding carboxylic acids is 2. The van der Waals surface area contributed by atoms with E-state index in [4.69, 9.17) is 14.2 Å². The summed E-state index contributed by atoms with van der Waals surface area (Å²) in [5.74, 6) is 1.03. The smallest absolute Gasteiger partial charge is 0.254 e. The first-order valence-corrected chi connectivity index (χ1v) is 14.0. The molecule has 214 valence electrons. The Morgan fingerprint density at radius 1 is 1.05 bits per heavy atom. The van der Waals surface area contributed by atoms with Crippen LogP contribution in [0.15, 0.2) is 48.5 Å². The molecule has 0 aromatic heterocycles. The van der Waals surface area contributed by atoms with E-state index >= 15 is 0 Å². The largest absolute Gasteiger partial charge is 0.493 e.